The van der Waals surface area contributed by atoms with E-state index < -0.39 is 0 Å². The Balaban J connectivity index is 2.48. The van der Waals surface area contributed by atoms with Gasteiger partial charge in [-0.3, -0.25) is 9.47 Å². The minimum absolute atomic E-state index is 0.495. The Morgan fingerprint density at radius 1 is 1.35 bits per heavy atom. The lowest BCUT2D eigenvalue weighted by atomic mass is 10.3. The van der Waals surface area contributed by atoms with Gasteiger partial charge in [-0.1, -0.05) is 25.4 Å². The molecule has 17 heavy (non-hydrogen) atoms. The molecule has 92 valence electrons. The average Bonchev–Trinajstić information content (AvgIpc) is 2.62. The lowest BCUT2D eigenvalue weighted by Crippen LogP contribution is -2.25. The van der Waals surface area contributed by atoms with E-state index in [0.717, 1.165) is 30.9 Å². The van der Waals surface area contributed by atoms with Crippen molar-refractivity contribution in [3.63, 3.8) is 0 Å². The van der Waals surface area contributed by atoms with E-state index in [1.165, 1.54) is 0 Å². The Labute approximate surface area is 111 Å². The maximum Gasteiger partial charge on any atom is 0.270 e. The van der Waals surface area contributed by atoms with Gasteiger partial charge in [0.25, 0.3) is 4.84 Å². The molecule has 3 nitrogen and oxygen atoms in total. The normalized spacial score (nSPS) is 11.5. The molecule has 0 spiro atoms. The van der Waals surface area contributed by atoms with Gasteiger partial charge in [-0.15, -0.1) is 0 Å². The van der Waals surface area contributed by atoms with Crippen molar-refractivity contribution in [2.75, 3.05) is 13.1 Å². The van der Waals surface area contributed by atoms with E-state index >= 15 is 0 Å². The fourth-order valence-corrected chi connectivity index (χ4v) is 2.21. The summed E-state index contributed by atoms with van der Waals surface area (Å²) in [5, 5.41) is 0.696. The molecule has 1 heterocycles. The SMILES string of the molecule is CCN(CC)Cn1c(=S)oc2ccc(Cl)cc21. The number of oxazole rings is 1. The lowest BCUT2D eigenvalue weighted by molar-refractivity contribution is 0.239. The van der Waals surface area contributed by atoms with Gasteiger partial charge in [0, 0.05) is 5.02 Å². The number of fused-ring (bicyclic) bond motifs is 1. The number of hydrogen-bond donors (Lipinski definition) is 0. The third kappa shape index (κ3) is 2.54. The van der Waals surface area contributed by atoms with Crippen LogP contribution < -0.4 is 0 Å². The van der Waals surface area contributed by atoms with Gasteiger partial charge < -0.3 is 4.42 Å². The summed E-state index contributed by atoms with van der Waals surface area (Å²) in [5.74, 6) is 0. The van der Waals surface area contributed by atoms with Gasteiger partial charge in [0.05, 0.1) is 12.2 Å². The third-order valence-electron chi connectivity index (χ3n) is 2.87. The molecular weight excluding hydrogens is 256 g/mol. The van der Waals surface area contributed by atoms with Crippen molar-refractivity contribution in [3.8, 4) is 0 Å². The molecule has 0 amide bonds. The Morgan fingerprint density at radius 2 is 2.06 bits per heavy atom. The summed E-state index contributed by atoms with van der Waals surface area (Å²) in [7, 11) is 0. The first kappa shape index (κ1) is 12.6. The van der Waals surface area contributed by atoms with E-state index in [0.29, 0.717) is 9.86 Å². The maximum atomic E-state index is 6.00. The number of aromatic nitrogens is 1. The van der Waals surface area contributed by atoms with Crippen LogP contribution in [0.1, 0.15) is 13.8 Å². The van der Waals surface area contributed by atoms with Crippen LogP contribution in [0.25, 0.3) is 11.1 Å². The smallest absolute Gasteiger partial charge is 0.270 e. The molecule has 0 radical (unpaired) electrons. The molecule has 2 aromatic rings. The third-order valence-corrected chi connectivity index (χ3v) is 3.40. The van der Waals surface area contributed by atoms with Gasteiger partial charge in [-0.2, -0.15) is 0 Å². The van der Waals surface area contributed by atoms with Crippen LogP contribution in [0.2, 0.25) is 5.02 Å². The van der Waals surface area contributed by atoms with Gasteiger partial charge in [0.15, 0.2) is 5.58 Å². The molecule has 1 aromatic carbocycles. The first-order chi connectivity index (χ1) is 8.15. The van der Waals surface area contributed by atoms with Crippen LogP contribution in [0.3, 0.4) is 0 Å². The first-order valence-corrected chi connectivity index (χ1v) is 6.45. The molecule has 0 saturated heterocycles. The van der Waals surface area contributed by atoms with Crippen LogP contribution in [-0.2, 0) is 6.67 Å². The van der Waals surface area contributed by atoms with Gasteiger partial charge in [-0.25, -0.2) is 0 Å². The Hall–Kier alpha value is -0.840. The Kier molecular flexibility index (Phi) is 3.86. The number of nitrogens with zero attached hydrogens (tertiary/aromatic N) is 2. The van der Waals surface area contributed by atoms with E-state index in [-0.39, 0.29) is 0 Å². The number of halogens is 1. The first-order valence-electron chi connectivity index (χ1n) is 5.67. The summed E-state index contributed by atoms with van der Waals surface area (Å²) in [6, 6.07) is 5.55. The largest absolute Gasteiger partial charge is 0.429 e. The lowest BCUT2D eigenvalue weighted by Gasteiger charge is -2.18. The number of hydrogen-bond acceptors (Lipinski definition) is 3. The van der Waals surface area contributed by atoms with Crippen LogP contribution in [0.5, 0.6) is 0 Å². The van der Waals surface area contributed by atoms with Gasteiger partial charge in [0.2, 0.25) is 0 Å². The van der Waals surface area contributed by atoms with Gasteiger partial charge in [-0.05, 0) is 43.5 Å². The van der Waals surface area contributed by atoms with E-state index in [1.54, 1.807) is 0 Å². The molecule has 2 rings (SSSR count). The minimum Gasteiger partial charge on any atom is -0.429 e. The second-order valence-corrected chi connectivity index (χ2v) is 4.64. The highest BCUT2D eigenvalue weighted by Gasteiger charge is 2.09. The molecular formula is C12H15ClN2OS. The number of rotatable bonds is 4. The van der Waals surface area contributed by atoms with Crippen LogP contribution >= 0.6 is 23.8 Å². The van der Waals surface area contributed by atoms with Gasteiger partial charge >= 0.3 is 0 Å². The fraction of sp³-hybridized carbons (Fsp3) is 0.417. The van der Waals surface area contributed by atoms with E-state index in [9.17, 15) is 0 Å². The van der Waals surface area contributed by atoms with Crippen molar-refractivity contribution in [1.82, 2.24) is 9.47 Å². The van der Waals surface area contributed by atoms with Crippen molar-refractivity contribution in [1.29, 1.82) is 0 Å². The Bertz CT molecular complexity index is 571. The number of benzene rings is 1. The summed E-state index contributed by atoms with van der Waals surface area (Å²) >= 11 is 11.2. The van der Waals surface area contributed by atoms with Crippen molar-refractivity contribution in [2.45, 2.75) is 20.5 Å². The second kappa shape index (κ2) is 5.21. The average molecular weight is 271 g/mol. The summed E-state index contributed by atoms with van der Waals surface area (Å²) in [4.78, 5) is 2.76. The second-order valence-electron chi connectivity index (χ2n) is 3.85. The highest BCUT2D eigenvalue weighted by atomic mass is 35.5. The summed E-state index contributed by atoms with van der Waals surface area (Å²) in [6.07, 6.45) is 0. The van der Waals surface area contributed by atoms with Crippen LogP contribution in [0, 0.1) is 4.84 Å². The molecule has 5 heteroatoms. The Morgan fingerprint density at radius 3 is 2.71 bits per heavy atom. The zero-order valence-electron chi connectivity index (χ0n) is 9.94. The fourth-order valence-electron chi connectivity index (χ4n) is 1.79. The van der Waals surface area contributed by atoms with E-state index in [4.69, 9.17) is 28.2 Å². The topological polar surface area (TPSA) is 21.3 Å². The summed E-state index contributed by atoms with van der Waals surface area (Å²) in [5.41, 5.74) is 1.74. The quantitative estimate of drug-likeness (QED) is 0.786. The molecule has 0 atom stereocenters. The maximum absolute atomic E-state index is 6.00. The highest BCUT2D eigenvalue weighted by molar-refractivity contribution is 7.71. The molecule has 0 aliphatic carbocycles. The molecule has 0 fully saturated rings. The monoisotopic (exact) mass is 270 g/mol. The predicted octanol–water partition coefficient (Wildman–Crippen LogP) is 3.92. The zero-order chi connectivity index (χ0) is 12.4. The standard InChI is InChI=1S/C12H15ClN2OS/c1-3-14(4-2)8-15-10-7-9(13)5-6-11(10)16-12(15)17/h5-7H,3-4,8H2,1-2H3. The summed E-state index contributed by atoms with van der Waals surface area (Å²) in [6.45, 7) is 6.95. The van der Waals surface area contributed by atoms with E-state index in [1.807, 2.05) is 22.8 Å². The van der Waals surface area contributed by atoms with E-state index in [2.05, 4.69) is 18.7 Å². The highest BCUT2D eigenvalue weighted by Crippen LogP contribution is 2.22. The predicted molar refractivity (Wildman–Crippen MR) is 73.0 cm³/mol. The molecule has 0 N–H and O–H groups in total. The summed E-state index contributed by atoms with van der Waals surface area (Å²) < 4.78 is 7.51. The van der Waals surface area contributed by atoms with Crippen molar-refractivity contribution < 1.29 is 4.42 Å². The van der Waals surface area contributed by atoms with Gasteiger partial charge in [0.1, 0.15) is 0 Å². The van der Waals surface area contributed by atoms with Crippen LogP contribution in [-0.4, -0.2) is 22.6 Å². The van der Waals surface area contributed by atoms with Crippen LogP contribution in [0.4, 0.5) is 0 Å². The molecule has 0 saturated carbocycles. The van der Waals surface area contributed by atoms with Crippen molar-refractivity contribution in [2.24, 2.45) is 0 Å². The minimum atomic E-state index is 0.495. The molecule has 0 aliphatic heterocycles. The van der Waals surface area contributed by atoms with Crippen molar-refractivity contribution >= 4 is 34.9 Å². The van der Waals surface area contributed by atoms with Crippen molar-refractivity contribution in [3.05, 3.63) is 28.1 Å². The zero-order valence-corrected chi connectivity index (χ0v) is 11.5. The molecule has 0 unspecified atom stereocenters. The molecule has 1 aromatic heterocycles. The molecule has 0 bridgehead atoms. The van der Waals surface area contributed by atoms with Crippen LogP contribution in [0.15, 0.2) is 22.6 Å². The molecule has 0 aliphatic rings.